The number of nitrogens with two attached hydrogens (primary N) is 1. The summed E-state index contributed by atoms with van der Waals surface area (Å²) in [6.45, 7) is 2.86. The van der Waals surface area contributed by atoms with Crippen molar-refractivity contribution in [2.45, 2.75) is 45.2 Å². The molecular formula is C20H23FN4. The zero-order valence-electron chi connectivity index (χ0n) is 14.5. The van der Waals surface area contributed by atoms with E-state index < -0.39 is 0 Å². The van der Waals surface area contributed by atoms with Crippen LogP contribution in [0.4, 0.5) is 4.39 Å². The van der Waals surface area contributed by atoms with Crippen LogP contribution in [0.15, 0.2) is 36.7 Å². The second-order valence-corrected chi connectivity index (χ2v) is 7.14. The maximum absolute atomic E-state index is 13.3. The van der Waals surface area contributed by atoms with Gasteiger partial charge < -0.3 is 10.3 Å². The van der Waals surface area contributed by atoms with Crippen LogP contribution in [0, 0.1) is 18.7 Å². The number of hydrogen-bond acceptors (Lipinski definition) is 3. The van der Waals surface area contributed by atoms with E-state index in [1.165, 1.54) is 12.1 Å². The third-order valence-electron chi connectivity index (χ3n) is 5.24. The topological polar surface area (TPSA) is 56.7 Å². The number of aromatic nitrogens is 3. The SMILES string of the molecule is Cc1ncc2c(-c3ccc(F)cc3)cn(CC3CCC(N)CC3)c2n1. The van der Waals surface area contributed by atoms with Crippen molar-refractivity contribution in [2.24, 2.45) is 11.7 Å². The van der Waals surface area contributed by atoms with Gasteiger partial charge in [-0.2, -0.15) is 0 Å². The van der Waals surface area contributed by atoms with Gasteiger partial charge in [0.1, 0.15) is 17.3 Å². The van der Waals surface area contributed by atoms with Gasteiger partial charge in [0.15, 0.2) is 0 Å². The smallest absolute Gasteiger partial charge is 0.144 e. The summed E-state index contributed by atoms with van der Waals surface area (Å²) in [4.78, 5) is 9.04. The minimum Gasteiger partial charge on any atom is -0.331 e. The van der Waals surface area contributed by atoms with Gasteiger partial charge in [-0.05, 0) is 56.2 Å². The van der Waals surface area contributed by atoms with Crippen LogP contribution in [-0.4, -0.2) is 20.6 Å². The van der Waals surface area contributed by atoms with Crippen LogP contribution in [0.1, 0.15) is 31.5 Å². The van der Waals surface area contributed by atoms with Gasteiger partial charge in [-0.25, -0.2) is 14.4 Å². The van der Waals surface area contributed by atoms with Gasteiger partial charge in [-0.1, -0.05) is 12.1 Å². The Morgan fingerprint density at radius 3 is 2.60 bits per heavy atom. The molecule has 3 aromatic rings. The molecule has 0 radical (unpaired) electrons. The van der Waals surface area contributed by atoms with E-state index in [-0.39, 0.29) is 5.82 Å². The lowest BCUT2D eigenvalue weighted by atomic mass is 9.86. The molecule has 1 aliphatic carbocycles. The van der Waals surface area contributed by atoms with E-state index in [0.717, 1.165) is 60.2 Å². The molecule has 0 bridgehead atoms. The highest BCUT2D eigenvalue weighted by molar-refractivity contribution is 5.93. The monoisotopic (exact) mass is 338 g/mol. The molecule has 4 rings (SSSR count). The van der Waals surface area contributed by atoms with Crippen molar-refractivity contribution in [1.82, 2.24) is 14.5 Å². The van der Waals surface area contributed by atoms with Crippen LogP contribution in [0.5, 0.6) is 0 Å². The standard InChI is InChI=1S/C20H23FN4/c1-13-23-10-18-19(15-4-6-16(21)7-5-15)12-25(20(18)24-13)11-14-2-8-17(22)9-3-14/h4-7,10,12,14,17H,2-3,8-9,11,22H2,1H3. The fourth-order valence-corrected chi connectivity index (χ4v) is 3.80. The van der Waals surface area contributed by atoms with Crippen LogP contribution >= 0.6 is 0 Å². The summed E-state index contributed by atoms with van der Waals surface area (Å²) in [5.74, 6) is 1.17. The van der Waals surface area contributed by atoms with Crippen LogP contribution in [-0.2, 0) is 6.54 Å². The van der Waals surface area contributed by atoms with Gasteiger partial charge in [0.25, 0.3) is 0 Å². The second kappa shape index (κ2) is 6.56. The van der Waals surface area contributed by atoms with Gasteiger partial charge in [-0.15, -0.1) is 0 Å². The predicted molar refractivity (Wildman–Crippen MR) is 97.6 cm³/mol. The lowest BCUT2D eigenvalue weighted by Crippen LogP contribution is -2.28. The van der Waals surface area contributed by atoms with Gasteiger partial charge in [0.05, 0.1) is 0 Å². The molecule has 0 saturated heterocycles. The average Bonchev–Trinajstić information content (AvgIpc) is 2.95. The van der Waals surface area contributed by atoms with Gasteiger partial charge in [0.2, 0.25) is 0 Å². The molecule has 0 atom stereocenters. The molecule has 1 aliphatic rings. The van der Waals surface area contributed by atoms with E-state index in [4.69, 9.17) is 5.73 Å². The second-order valence-electron chi connectivity index (χ2n) is 7.14. The molecule has 4 nitrogen and oxygen atoms in total. The highest BCUT2D eigenvalue weighted by atomic mass is 19.1. The Morgan fingerprint density at radius 1 is 1.16 bits per heavy atom. The zero-order valence-corrected chi connectivity index (χ0v) is 14.5. The first-order valence-electron chi connectivity index (χ1n) is 8.94. The minimum absolute atomic E-state index is 0.224. The molecule has 130 valence electrons. The molecule has 2 aromatic heterocycles. The number of nitrogens with zero attached hydrogens (tertiary/aromatic N) is 3. The number of aryl methyl sites for hydroxylation is 1. The molecule has 0 spiro atoms. The van der Waals surface area contributed by atoms with Crippen molar-refractivity contribution in [2.75, 3.05) is 0 Å². The van der Waals surface area contributed by atoms with Crippen molar-refractivity contribution in [3.63, 3.8) is 0 Å². The van der Waals surface area contributed by atoms with E-state index in [0.29, 0.717) is 12.0 Å². The summed E-state index contributed by atoms with van der Waals surface area (Å²) in [5, 5.41) is 1.02. The van der Waals surface area contributed by atoms with Crippen molar-refractivity contribution in [1.29, 1.82) is 0 Å². The van der Waals surface area contributed by atoms with E-state index in [1.807, 2.05) is 25.3 Å². The van der Waals surface area contributed by atoms with Crippen molar-refractivity contribution < 1.29 is 4.39 Å². The number of hydrogen-bond donors (Lipinski definition) is 1. The van der Waals surface area contributed by atoms with Crippen LogP contribution in [0.3, 0.4) is 0 Å². The van der Waals surface area contributed by atoms with Gasteiger partial charge >= 0.3 is 0 Å². The Balaban J connectivity index is 1.73. The molecule has 1 saturated carbocycles. The van der Waals surface area contributed by atoms with Crippen molar-refractivity contribution >= 4 is 11.0 Å². The maximum atomic E-state index is 13.3. The molecule has 0 aliphatic heterocycles. The largest absolute Gasteiger partial charge is 0.331 e. The first-order chi connectivity index (χ1) is 12.1. The van der Waals surface area contributed by atoms with Crippen LogP contribution in [0.25, 0.3) is 22.2 Å². The van der Waals surface area contributed by atoms with E-state index in [2.05, 4.69) is 20.7 Å². The average molecular weight is 338 g/mol. The predicted octanol–water partition coefficient (Wildman–Crippen LogP) is 4.06. The summed E-state index contributed by atoms with van der Waals surface area (Å²) in [7, 11) is 0. The number of fused-ring (bicyclic) bond motifs is 1. The van der Waals surface area contributed by atoms with Crippen molar-refractivity contribution in [3.8, 4) is 11.1 Å². The fraction of sp³-hybridized carbons (Fsp3) is 0.400. The number of rotatable bonds is 3. The molecule has 0 unspecified atom stereocenters. The Labute approximate surface area is 146 Å². The molecule has 2 heterocycles. The first-order valence-corrected chi connectivity index (χ1v) is 8.94. The minimum atomic E-state index is -0.224. The van der Waals surface area contributed by atoms with Crippen LogP contribution in [0.2, 0.25) is 0 Å². The molecule has 1 fully saturated rings. The third-order valence-corrected chi connectivity index (χ3v) is 5.24. The molecule has 25 heavy (non-hydrogen) atoms. The molecule has 1 aromatic carbocycles. The van der Waals surface area contributed by atoms with Crippen LogP contribution < -0.4 is 5.73 Å². The molecule has 2 N–H and O–H groups in total. The quantitative estimate of drug-likeness (QED) is 0.783. The summed E-state index contributed by atoms with van der Waals surface area (Å²) in [6.07, 6.45) is 8.54. The lowest BCUT2D eigenvalue weighted by molar-refractivity contribution is 0.297. The first kappa shape index (κ1) is 16.2. The zero-order chi connectivity index (χ0) is 17.4. The Kier molecular flexibility index (Phi) is 4.25. The maximum Gasteiger partial charge on any atom is 0.144 e. The summed E-state index contributed by atoms with van der Waals surface area (Å²) >= 11 is 0. The Hall–Kier alpha value is -2.27. The van der Waals surface area contributed by atoms with E-state index in [1.54, 1.807) is 0 Å². The molecule has 5 heteroatoms. The normalized spacial score (nSPS) is 20.9. The Bertz CT molecular complexity index is 877. The van der Waals surface area contributed by atoms with Gasteiger partial charge in [-0.3, -0.25) is 0 Å². The summed E-state index contributed by atoms with van der Waals surface area (Å²) in [5.41, 5.74) is 9.04. The van der Waals surface area contributed by atoms with E-state index in [9.17, 15) is 4.39 Å². The molecular weight excluding hydrogens is 315 g/mol. The van der Waals surface area contributed by atoms with E-state index >= 15 is 0 Å². The lowest BCUT2D eigenvalue weighted by Gasteiger charge is -2.26. The number of halogens is 1. The fourth-order valence-electron chi connectivity index (χ4n) is 3.80. The summed E-state index contributed by atoms with van der Waals surface area (Å²) in [6, 6.07) is 6.98. The van der Waals surface area contributed by atoms with Gasteiger partial charge in [0, 0.05) is 35.9 Å². The van der Waals surface area contributed by atoms with Crippen molar-refractivity contribution in [3.05, 3.63) is 48.3 Å². The highest BCUT2D eigenvalue weighted by Crippen LogP contribution is 2.32. The highest BCUT2D eigenvalue weighted by Gasteiger charge is 2.21. The molecule has 0 amide bonds. The number of benzene rings is 1. The third kappa shape index (κ3) is 3.29. The Morgan fingerprint density at radius 2 is 1.88 bits per heavy atom. The summed E-state index contributed by atoms with van der Waals surface area (Å²) < 4.78 is 15.5.